The monoisotopic (exact) mass is 291 g/mol. The SMILES string of the molecule is CCC(Br)CCNc1nc(C(C)C)ns1. The number of anilines is 1. The highest BCUT2D eigenvalue weighted by Gasteiger charge is 2.07. The largest absolute Gasteiger partial charge is 0.360 e. The van der Waals surface area contributed by atoms with Crippen LogP contribution in [0.25, 0.3) is 0 Å². The van der Waals surface area contributed by atoms with Gasteiger partial charge in [-0.25, -0.2) is 4.98 Å². The van der Waals surface area contributed by atoms with E-state index in [0.717, 1.165) is 30.3 Å². The van der Waals surface area contributed by atoms with Crippen LogP contribution in [0.3, 0.4) is 0 Å². The number of hydrogen-bond donors (Lipinski definition) is 1. The van der Waals surface area contributed by atoms with Gasteiger partial charge in [0.25, 0.3) is 0 Å². The minimum atomic E-state index is 0.413. The van der Waals surface area contributed by atoms with Crippen molar-refractivity contribution in [3.8, 4) is 0 Å². The van der Waals surface area contributed by atoms with E-state index in [9.17, 15) is 0 Å². The van der Waals surface area contributed by atoms with Gasteiger partial charge in [0.15, 0.2) is 0 Å². The van der Waals surface area contributed by atoms with E-state index in [0.29, 0.717) is 10.7 Å². The van der Waals surface area contributed by atoms with Crippen LogP contribution in [0.15, 0.2) is 0 Å². The Balaban J connectivity index is 2.31. The van der Waals surface area contributed by atoms with Gasteiger partial charge in [0.2, 0.25) is 5.13 Å². The van der Waals surface area contributed by atoms with E-state index in [4.69, 9.17) is 0 Å². The third-order valence-electron chi connectivity index (χ3n) is 2.13. The average Bonchev–Trinajstić information content (AvgIpc) is 2.66. The lowest BCUT2D eigenvalue weighted by Gasteiger charge is -2.06. The van der Waals surface area contributed by atoms with E-state index < -0.39 is 0 Å². The van der Waals surface area contributed by atoms with Gasteiger partial charge in [0.1, 0.15) is 5.82 Å². The van der Waals surface area contributed by atoms with Gasteiger partial charge in [-0.1, -0.05) is 36.7 Å². The van der Waals surface area contributed by atoms with Crippen molar-refractivity contribution in [2.45, 2.75) is 44.4 Å². The maximum atomic E-state index is 4.41. The molecule has 0 spiro atoms. The Labute approximate surface area is 104 Å². The summed E-state index contributed by atoms with van der Waals surface area (Å²) in [5.74, 6) is 1.35. The molecule has 5 heteroatoms. The van der Waals surface area contributed by atoms with Crippen LogP contribution in [-0.2, 0) is 0 Å². The molecule has 0 bridgehead atoms. The highest BCUT2D eigenvalue weighted by Crippen LogP contribution is 2.17. The Bertz CT molecular complexity index is 288. The molecule has 0 amide bonds. The van der Waals surface area contributed by atoms with Gasteiger partial charge < -0.3 is 5.32 Å². The fourth-order valence-corrected chi connectivity index (χ4v) is 2.04. The predicted molar refractivity (Wildman–Crippen MR) is 70.1 cm³/mol. The summed E-state index contributed by atoms with van der Waals surface area (Å²) in [5.41, 5.74) is 0. The van der Waals surface area contributed by atoms with Crippen LogP contribution in [0, 0.1) is 0 Å². The van der Waals surface area contributed by atoms with Crippen LogP contribution >= 0.6 is 27.5 Å². The molecule has 1 atom stereocenters. The molecule has 0 saturated heterocycles. The van der Waals surface area contributed by atoms with Crippen molar-refractivity contribution in [2.24, 2.45) is 0 Å². The Kier molecular flexibility index (Phi) is 5.53. The van der Waals surface area contributed by atoms with Crippen molar-refractivity contribution in [3.63, 3.8) is 0 Å². The van der Waals surface area contributed by atoms with E-state index in [1.54, 1.807) is 0 Å². The lowest BCUT2D eigenvalue weighted by Crippen LogP contribution is -2.07. The molecule has 0 aliphatic heterocycles. The second-order valence-corrected chi connectivity index (χ2v) is 5.88. The molecule has 1 heterocycles. The van der Waals surface area contributed by atoms with Crippen molar-refractivity contribution in [3.05, 3.63) is 5.82 Å². The van der Waals surface area contributed by atoms with Crippen LogP contribution in [0.1, 0.15) is 45.4 Å². The molecule has 0 aliphatic carbocycles. The second kappa shape index (κ2) is 6.43. The van der Waals surface area contributed by atoms with Gasteiger partial charge in [-0.3, -0.25) is 0 Å². The summed E-state index contributed by atoms with van der Waals surface area (Å²) in [7, 11) is 0. The summed E-state index contributed by atoms with van der Waals surface area (Å²) in [6, 6.07) is 0. The van der Waals surface area contributed by atoms with Gasteiger partial charge >= 0.3 is 0 Å². The summed E-state index contributed by atoms with van der Waals surface area (Å²) >= 11 is 5.06. The first-order valence-electron chi connectivity index (χ1n) is 5.35. The van der Waals surface area contributed by atoms with Gasteiger partial charge in [0, 0.05) is 28.8 Å². The average molecular weight is 292 g/mol. The maximum Gasteiger partial charge on any atom is 0.202 e. The van der Waals surface area contributed by atoms with Crippen LogP contribution < -0.4 is 5.32 Å². The lowest BCUT2D eigenvalue weighted by atomic mass is 10.2. The molecule has 3 nitrogen and oxygen atoms in total. The quantitative estimate of drug-likeness (QED) is 0.813. The fraction of sp³-hybridized carbons (Fsp3) is 0.800. The number of rotatable bonds is 6. The fourth-order valence-electron chi connectivity index (χ4n) is 1.08. The molecule has 86 valence electrons. The number of halogens is 1. The summed E-state index contributed by atoms with van der Waals surface area (Å²) in [6.45, 7) is 7.35. The molecule has 1 rings (SSSR count). The highest BCUT2D eigenvalue weighted by atomic mass is 79.9. The molecule has 1 aromatic heterocycles. The number of hydrogen-bond acceptors (Lipinski definition) is 4. The zero-order valence-corrected chi connectivity index (χ0v) is 11.9. The van der Waals surface area contributed by atoms with Crippen molar-refractivity contribution < 1.29 is 0 Å². The van der Waals surface area contributed by atoms with Gasteiger partial charge in [-0.05, 0) is 12.8 Å². The van der Waals surface area contributed by atoms with Crippen molar-refractivity contribution in [2.75, 3.05) is 11.9 Å². The first kappa shape index (κ1) is 12.9. The first-order chi connectivity index (χ1) is 7.13. The first-order valence-corrected chi connectivity index (χ1v) is 7.04. The van der Waals surface area contributed by atoms with E-state index >= 15 is 0 Å². The number of nitrogens with one attached hydrogen (secondary N) is 1. The molecule has 15 heavy (non-hydrogen) atoms. The van der Waals surface area contributed by atoms with Crippen molar-refractivity contribution in [1.29, 1.82) is 0 Å². The van der Waals surface area contributed by atoms with Crippen LogP contribution in [-0.4, -0.2) is 20.7 Å². The van der Waals surface area contributed by atoms with E-state index in [1.807, 2.05) is 0 Å². The van der Waals surface area contributed by atoms with E-state index in [-0.39, 0.29) is 0 Å². The molecule has 1 unspecified atom stereocenters. The second-order valence-electron chi connectivity index (χ2n) is 3.83. The highest BCUT2D eigenvalue weighted by molar-refractivity contribution is 9.09. The maximum absolute atomic E-state index is 4.41. The molecule has 1 aromatic rings. The molecule has 0 saturated carbocycles. The van der Waals surface area contributed by atoms with E-state index in [1.165, 1.54) is 11.5 Å². The molecule has 0 fully saturated rings. The number of nitrogens with zero attached hydrogens (tertiary/aromatic N) is 2. The van der Waals surface area contributed by atoms with Gasteiger partial charge in [-0.2, -0.15) is 4.37 Å². The normalized spacial score (nSPS) is 13.1. The molecule has 1 N–H and O–H groups in total. The van der Waals surface area contributed by atoms with Gasteiger partial charge in [-0.15, -0.1) is 0 Å². The Morgan fingerprint density at radius 3 is 2.73 bits per heavy atom. The number of aromatic nitrogens is 2. The lowest BCUT2D eigenvalue weighted by molar-refractivity contribution is 0.770. The third kappa shape index (κ3) is 4.47. The summed E-state index contributed by atoms with van der Waals surface area (Å²) in [4.78, 5) is 5.01. The molecule has 0 aliphatic rings. The zero-order valence-electron chi connectivity index (χ0n) is 9.46. The number of alkyl halides is 1. The summed E-state index contributed by atoms with van der Waals surface area (Å²) in [6.07, 6.45) is 2.28. The minimum Gasteiger partial charge on any atom is -0.360 e. The Morgan fingerprint density at radius 2 is 2.20 bits per heavy atom. The van der Waals surface area contributed by atoms with Crippen LogP contribution in [0.5, 0.6) is 0 Å². The standard InChI is InChI=1S/C10H18BrN3S/c1-4-8(11)5-6-12-10-13-9(7(2)3)14-15-10/h7-8H,4-6H2,1-3H3,(H,12,13,14). The zero-order chi connectivity index (χ0) is 11.3. The van der Waals surface area contributed by atoms with Crippen LogP contribution in [0.2, 0.25) is 0 Å². The smallest absolute Gasteiger partial charge is 0.202 e. The molecular weight excluding hydrogens is 274 g/mol. The topological polar surface area (TPSA) is 37.8 Å². The Hall–Kier alpha value is -0.160. The third-order valence-corrected chi connectivity index (χ3v) is 3.93. The summed E-state index contributed by atoms with van der Waals surface area (Å²) in [5, 5.41) is 4.24. The molecule has 0 radical (unpaired) electrons. The van der Waals surface area contributed by atoms with Gasteiger partial charge in [0.05, 0.1) is 0 Å². The molecular formula is C10H18BrN3S. The van der Waals surface area contributed by atoms with Crippen LogP contribution in [0.4, 0.5) is 5.13 Å². The Morgan fingerprint density at radius 1 is 1.47 bits per heavy atom. The van der Waals surface area contributed by atoms with Crippen molar-refractivity contribution in [1.82, 2.24) is 9.36 Å². The predicted octanol–water partition coefficient (Wildman–Crippen LogP) is 3.64. The van der Waals surface area contributed by atoms with Crippen molar-refractivity contribution >= 4 is 32.6 Å². The molecule has 0 aromatic carbocycles. The van der Waals surface area contributed by atoms with E-state index in [2.05, 4.69) is 51.4 Å². The summed E-state index contributed by atoms with van der Waals surface area (Å²) < 4.78 is 4.29. The minimum absolute atomic E-state index is 0.413.